The number of hydrogen-bond donors (Lipinski definition) is 2. The molecular formula is C12H17NO3S. The molecule has 1 aromatic rings. The fraction of sp³-hybridized carbons (Fsp3) is 0.417. The van der Waals surface area contributed by atoms with Crippen LogP contribution in [0, 0.1) is 0 Å². The number of amides is 1. The first kappa shape index (κ1) is 13.9. The summed E-state index contributed by atoms with van der Waals surface area (Å²) in [5, 5.41) is 12.5. The van der Waals surface area contributed by atoms with Crippen LogP contribution in [-0.2, 0) is 4.79 Å². The molecule has 0 bridgehead atoms. The van der Waals surface area contributed by atoms with Crippen molar-refractivity contribution >= 4 is 23.7 Å². The van der Waals surface area contributed by atoms with Crippen LogP contribution in [0.15, 0.2) is 29.1 Å². The molecule has 0 unspecified atom stereocenters. The average molecular weight is 255 g/mol. The van der Waals surface area contributed by atoms with E-state index in [2.05, 4.69) is 5.32 Å². The van der Waals surface area contributed by atoms with Crippen LogP contribution in [0.4, 0.5) is 0 Å². The minimum absolute atomic E-state index is 0.229. The molecule has 0 saturated carbocycles. The van der Waals surface area contributed by atoms with E-state index in [0.29, 0.717) is 5.75 Å². The Morgan fingerprint density at radius 1 is 1.71 bits per heavy atom. The van der Waals surface area contributed by atoms with Crippen LogP contribution in [0.25, 0.3) is 6.08 Å². The maximum absolute atomic E-state index is 11.4. The molecule has 0 spiro atoms. The van der Waals surface area contributed by atoms with Crippen molar-refractivity contribution in [3.05, 3.63) is 30.2 Å². The van der Waals surface area contributed by atoms with E-state index in [1.54, 1.807) is 31.6 Å². The number of nitrogens with one attached hydrogen (secondary N) is 1. The Labute approximate surface area is 105 Å². The molecule has 5 heteroatoms. The van der Waals surface area contributed by atoms with Crippen molar-refractivity contribution in [2.75, 3.05) is 18.6 Å². The van der Waals surface area contributed by atoms with E-state index >= 15 is 0 Å². The Balaban J connectivity index is 2.35. The van der Waals surface area contributed by atoms with Gasteiger partial charge in [-0.1, -0.05) is 0 Å². The summed E-state index contributed by atoms with van der Waals surface area (Å²) in [5.41, 5.74) is -0.0468. The summed E-state index contributed by atoms with van der Waals surface area (Å²) in [6.07, 6.45) is 8.08. The van der Waals surface area contributed by atoms with Crippen molar-refractivity contribution in [2.45, 2.75) is 12.5 Å². The van der Waals surface area contributed by atoms with Crippen LogP contribution >= 0.6 is 11.8 Å². The van der Waals surface area contributed by atoms with Crippen LogP contribution in [0.2, 0.25) is 0 Å². The van der Waals surface area contributed by atoms with Gasteiger partial charge in [-0.15, -0.1) is 0 Å². The van der Waals surface area contributed by atoms with Gasteiger partial charge in [0.1, 0.15) is 0 Å². The summed E-state index contributed by atoms with van der Waals surface area (Å²) in [5.74, 6) is 0.353. The lowest BCUT2D eigenvalue weighted by Gasteiger charge is -2.21. The van der Waals surface area contributed by atoms with E-state index in [4.69, 9.17) is 4.42 Å². The summed E-state index contributed by atoms with van der Waals surface area (Å²) >= 11 is 1.54. The summed E-state index contributed by atoms with van der Waals surface area (Å²) in [4.78, 5) is 11.4. The molecule has 0 saturated heterocycles. The number of carbonyl (C=O) groups excluding carboxylic acids is 1. The topological polar surface area (TPSA) is 62.5 Å². The highest BCUT2D eigenvalue weighted by Crippen LogP contribution is 2.09. The van der Waals surface area contributed by atoms with E-state index in [1.807, 2.05) is 6.26 Å². The summed E-state index contributed by atoms with van der Waals surface area (Å²) in [6, 6.07) is 1.76. The van der Waals surface area contributed by atoms with Gasteiger partial charge in [0, 0.05) is 23.9 Å². The third-order valence-corrected chi connectivity index (χ3v) is 2.98. The monoisotopic (exact) mass is 255 g/mol. The van der Waals surface area contributed by atoms with Gasteiger partial charge in [0.2, 0.25) is 5.91 Å². The first-order valence-electron chi connectivity index (χ1n) is 5.23. The van der Waals surface area contributed by atoms with E-state index in [0.717, 1.165) is 5.56 Å². The number of carbonyl (C=O) groups is 1. The average Bonchev–Trinajstić information content (AvgIpc) is 2.76. The standard InChI is InChI=1S/C12H17NO3S/c1-12(15,9-17-2)8-13-11(14)4-3-10-5-6-16-7-10/h3-7,15H,8-9H2,1-2H3,(H,13,14)/b4-3+/t12-/m1/s1. The quantitative estimate of drug-likeness (QED) is 0.757. The predicted molar refractivity (Wildman–Crippen MR) is 69.8 cm³/mol. The third-order valence-electron chi connectivity index (χ3n) is 2.07. The highest BCUT2D eigenvalue weighted by Gasteiger charge is 2.19. The maximum atomic E-state index is 11.4. The first-order chi connectivity index (χ1) is 8.03. The molecule has 0 aliphatic heterocycles. The van der Waals surface area contributed by atoms with Crippen LogP contribution in [0.5, 0.6) is 0 Å². The largest absolute Gasteiger partial charge is 0.472 e. The van der Waals surface area contributed by atoms with Crippen LogP contribution in [0.1, 0.15) is 12.5 Å². The molecule has 0 aliphatic rings. The second-order valence-electron chi connectivity index (χ2n) is 4.04. The fourth-order valence-corrected chi connectivity index (χ4v) is 1.96. The lowest BCUT2D eigenvalue weighted by atomic mass is 10.1. The SMILES string of the molecule is CSC[C@](C)(O)CNC(=O)/C=C/c1ccoc1. The molecule has 1 aromatic heterocycles. The molecule has 2 N–H and O–H groups in total. The number of thioether (sulfide) groups is 1. The van der Waals surface area contributed by atoms with Gasteiger partial charge in [0.15, 0.2) is 0 Å². The van der Waals surface area contributed by atoms with Gasteiger partial charge in [-0.2, -0.15) is 11.8 Å². The van der Waals surface area contributed by atoms with Gasteiger partial charge >= 0.3 is 0 Å². The van der Waals surface area contributed by atoms with Gasteiger partial charge in [-0.05, 0) is 25.3 Å². The number of furan rings is 1. The lowest BCUT2D eigenvalue weighted by Crippen LogP contribution is -2.41. The van der Waals surface area contributed by atoms with E-state index in [-0.39, 0.29) is 12.5 Å². The highest BCUT2D eigenvalue weighted by molar-refractivity contribution is 7.98. The summed E-state index contributed by atoms with van der Waals surface area (Å²) in [6.45, 7) is 1.94. The van der Waals surface area contributed by atoms with Crippen LogP contribution in [0.3, 0.4) is 0 Å². The molecular weight excluding hydrogens is 238 g/mol. The molecule has 4 nitrogen and oxygen atoms in total. The van der Waals surface area contributed by atoms with Crippen LogP contribution in [-0.4, -0.2) is 35.2 Å². The molecule has 0 radical (unpaired) electrons. The minimum atomic E-state index is -0.876. The van der Waals surface area contributed by atoms with Crippen molar-refractivity contribution < 1.29 is 14.3 Å². The Kier molecular flexibility index (Phi) is 5.31. The Bertz CT molecular complexity index is 371. The zero-order chi connectivity index (χ0) is 12.7. The van der Waals surface area contributed by atoms with E-state index < -0.39 is 5.60 Å². The molecule has 1 heterocycles. The summed E-state index contributed by atoms with van der Waals surface area (Å²) in [7, 11) is 0. The normalized spacial score (nSPS) is 14.8. The smallest absolute Gasteiger partial charge is 0.244 e. The Morgan fingerprint density at radius 2 is 2.47 bits per heavy atom. The zero-order valence-electron chi connectivity index (χ0n) is 9.97. The number of aliphatic hydroxyl groups is 1. The Morgan fingerprint density at radius 3 is 3.06 bits per heavy atom. The highest BCUT2D eigenvalue weighted by atomic mass is 32.2. The zero-order valence-corrected chi connectivity index (χ0v) is 10.8. The van der Waals surface area contributed by atoms with E-state index in [9.17, 15) is 9.90 Å². The second kappa shape index (κ2) is 6.51. The maximum Gasteiger partial charge on any atom is 0.244 e. The van der Waals surface area contributed by atoms with Gasteiger partial charge in [0.05, 0.1) is 18.1 Å². The van der Waals surface area contributed by atoms with Crippen LogP contribution < -0.4 is 5.32 Å². The van der Waals surface area contributed by atoms with Crippen molar-refractivity contribution in [1.82, 2.24) is 5.32 Å². The van der Waals surface area contributed by atoms with E-state index in [1.165, 1.54) is 17.8 Å². The van der Waals surface area contributed by atoms with Gasteiger partial charge in [-0.25, -0.2) is 0 Å². The lowest BCUT2D eigenvalue weighted by molar-refractivity contribution is -0.117. The first-order valence-corrected chi connectivity index (χ1v) is 6.62. The van der Waals surface area contributed by atoms with Gasteiger partial charge in [0.25, 0.3) is 0 Å². The predicted octanol–water partition coefficient (Wildman–Crippen LogP) is 1.52. The van der Waals surface area contributed by atoms with Gasteiger partial charge < -0.3 is 14.8 Å². The molecule has 0 fully saturated rings. The van der Waals surface area contributed by atoms with Crippen molar-refractivity contribution in [3.8, 4) is 0 Å². The summed E-state index contributed by atoms with van der Waals surface area (Å²) < 4.78 is 4.87. The number of rotatable bonds is 6. The number of hydrogen-bond acceptors (Lipinski definition) is 4. The van der Waals surface area contributed by atoms with Gasteiger partial charge in [-0.3, -0.25) is 4.79 Å². The fourth-order valence-electron chi connectivity index (χ4n) is 1.24. The third kappa shape index (κ3) is 5.60. The molecule has 94 valence electrons. The molecule has 1 rings (SSSR count). The molecule has 17 heavy (non-hydrogen) atoms. The van der Waals surface area contributed by atoms with Crippen molar-refractivity contribution in [2.24, 2.45) is 0 Å². The molecule has 0 aliphatic carbocycles. The molecule has 1 atom stereocenters. The molecule has 0 aromatic carbocycles. The molecule has 1 amide bonds. The second-order valence-corrected chi connectivity index (χ2v) is 4.90. The Hall–Kier alpha value is -1.20. The van der Waals surface area contributed by atoms with Crippen molar-refractivity contribution in [3.63, 3.8) is 0 Å². The van der Waals surface area contributed by atoms with Crippen molar-refractivity contribution in [1.29, 1.82) is 0 Å². The minimum Gasteiger partial charge on any atom is -0.472 e.